The molecule has 0 aromatic carbocycles. The Morgan fingerprint density at radius 3 is 2.48 bits per heavy atom. The predicted molar refractivity (Wildman–Crippen MR) is 106 cm³/mol. The van der Waals surface area contributed by atoms with Gasteiger partial charge in [0.2, 0.25) is 5.91 Å². The van der Waals surface area contributed by atoms with E-state index in [1.165, 1.54) is 44.9 Å². The maximum Gasteiger partial charge on any atom is 0.324 e. The second kappa shape index (κ2) is 5.54. The number of aryl methyl sites for hydroxylation is 1. The number of hydrogen-bond acceptors (Lipinski definition) is 6. The lowest BCUT2D eigenvalue weighted by Gasteiger charge is -2.59. The van der Waals surface area contributed by atoms with Crippen molar-refractivity contribution in [3.63, 3.8) is 0 Å². The summed E-state index contributed by atoms with van der Waals surface area (Å²) in [5.41, 5.74) is 0.766. The van der Waals surface area contributed by atoms with Crippen LogP contribution in [0.5, 0.6) is 0 Å². The molecule has 29 heavy (non-hydrogen) atoms. The predicted octanol–water partition coefficient (Wildman–Crippen LogP) is 2.07. The Labute approximate surface area is 171 Å². The molecule has 6 fully saturated rings. The van der Waals surface area contributed by atoms with Gasteiger partial charge in [-0.3, -0.25) is 9.69 Å². The van der Waals surface area contributed by atoms with Crippen LogP contribution in [0.25, 0.3) is 0 Å². The number of hydrogen-bond donors (Lipinski definition) is 0. The minimum atomic E-state index is 0.319. The Morgan fingerprint density at radius 2 is 1.90 bits per heavy atom. The Bertz CT molecular complexity index is 840. The van der Waals surface area contributed by atoms with Crippen LogP contribution in [0.15, 0.2) is 4.52 Å². The van der Waals surface area contributed by atoms with E-state index >= 15 is 0 Å². The molecule has 0 N–H and O–H groups in total. The van der Waals surface area contributed by atoms with E-state index in [1.807, 2.05) is 6.92 Å². The molecule has 3 saturated carbocycles. The first-order chi connectivity index (χ1) is 14.1. The molecule has 3 saturated heterocycles. The molecule has 0 bridgehead atoms. The van der Waals surface area contributed by atoms with E-state index in [0.29, 0.717) is 46.5 Å². The molecule has 1 aromatic rings. The maximum atomic E-state index is 13.0. The molecule has 1 aromatic heterocycles. The highest BCUT2D eigenvalue weighted by atomic mass is 16.5. The van der Waals surface area contributed by atoms with Crippen molar-refractivity contribution in [2.24, 2.45) is 23.2 Å². The zero-order valence-electron chi connectivity index (χ0n) is 17.3. The highest BCUT2D eigenvalue weighted by Crippen LogP contribution is 2.59. The standard InChI is InChI=1S/C22H31N5O2/c1-14-23-20(29-24-14)25-7-5-21(13-25)9-15(10-21)26-11-16-17(12-26)18(16)19(28)27-8-6-22(27)3-2-4-22/h15-18H,2-13H2,1H3/t15?,16-,17+,18-,21?. The van der Waals surface area contributed by atoms with E-state index < -0.39 is 0 Å². The van der Waals surface area contributed by atoms with Crippen molar-refractivity contribution in [3.05, 3.63) is 5.82 Å². The average molecular weight is 398 g/mol. The smallest absolute Gasteiger partial charge is 0.324 e. The Kier molecular flexibility index (Phi) is 3.26. The van der Waals surface area contributed by atoms with Crippen molar-refractivity contribution >= 4 is 11.9 Å². The molecule has 0 unspecified atom stereocenters. The number of rotatable bonds is 3. The lowest BCUT2D eigenvalue weighted by molar-refractivity contribution is -0.158. The van der Waals surface area contributed by atoms with E-state index in [2.05, 4.69) is 24.8 Å². The van der Waals surface area contributed by atoms with Crippen molar-refractivity contribution in [2.75, 3.05) is 37.6 Å². The highest BCUT2D eigenvalue weighted by Gasteiger charge is 2.65. The second-order valence-corrected chi connectivity index (χ2v) is 11.0. The SMILES string of the molecule is Cc1noc(N2CCC3(CC(N4C[C@@H]5[C@H](C4)[C@@H]5C(=O)N4CCC45CCC5)C3)C2)n1. The van der Waals surface area contributed by atoms with E-state index in [0.717, 1.165) is 38.8 Å². The van der Waals surface area contributed by atoms with Crippen molar-refractivity contribution in [3.8, 4) is 0 Å². The molecule has 156 valence electrons. The van der Waals surface area contributed by atoms with Crippen molar-refractivity contribution in [1.29, 1.82) is 0 Å². The first-order valence-corrected chi connectivity index (χ1v) is 11.7. The minimum Gasteiger partial charge on any atom is -0.337 e. The van der Waals surface area contributed by atoms with Crippen LogP contribution >= 0.6 is 0 Å². The van der Waals surface area contributed by atoms with Crippen molar-refractivity contribution in [2.45, 2.75) is 63.5 Å². The number of carbonyl (C=O) groups is 1. The number of carbonyl (C=O) groups excluding carboxylic acids is 1. The average Bonchev–Trinajstić information content (AvgIpc) is 3.05. The normalized spacial score (nSPS) is 42.0. The maximum absolute atomic E-state index is 13.0. The number of likely N-dealkylation sites (tertiary alicyclic amines) is 2. The molecular formula is C22H31N5O2. The van der Waals surface area contributed by atoms with Gasteiger partial charge in [0.25, 0.3) is 0 Å². The zero-order valence-corrected chi connectivity index (χ0v) is 17.3. The number of aromatic nitrogens is 2. The van der Waals surface area contributed by atoms with Crippen molar-refractivity contribution in [1.82, 2.24) is 19.9 Å². The second-order valence-electron chi connectivity index (χ2n) is 11.0. The largest absolute Gasteiger partial charge is 0.337 e. The number of piperidine rings is 1. The first kappa shape index (κ1) is 17.1. The molecule has 3 aliphatic carbocycles. The summed E-state index contributed by atoms with van der Waals surface area (Å²) in [4.78, 5) is 24.7. The van der Waals surface area contributed by atoms with Crippen LogP contribution in [0, 0.1) is 30.1 Å². The summed E-state index contributed by atoms with van der Waals surface area (Å²) in [5.74, 6) is 2.89. The molecule has 3 atom stereocenters. The topological polar surface area (TPSA) is 65.7 Å². The van der Waals surface area contributed by atoms with Gasteiger partial charge in [-0.15, -0.1) is 0 Å². The van der Waals surface area contributed by atoms with Gasteiger partial charge in [-0.2, -0.15) is 4.98 Å². The van der Waals surface area contributed by atoms with E-state index in [1.54, 1.807) is 0 Å². The summed E-state index contributed by atoms with van der Waals surface area (Å²) >= 11 is 0. The molecule has 6 aliphatic rings. The summed E-state index contributed by atoms with van der Waals surface area (Å²) in [6, 6.07) is 1.42. The fraction of sp³-hybridized carbons (Fsp3) is 0.864. The van der Waals surface area contributed by atoms with Crippen LogP contribution in [0.2, 0.25) is 0 Å². The van der Waals surface area contributed by atoms with E-state index in [9.17, 15) is 4.79 Å². The summed E-state index contributed by atoms with van der Waals surface area (Å²) in [5, 5.41) is 3.94. The first-order valence-electron chi connectivity index (χ1n) is 11.7. The van der Waals surface area contributed by atoms with Gasteiger partial charge < -0.3 is 14.3 Å². The summed E-state index contributed by atoms with van der Waals surface area (Å²) < 4.78 is 5.37. The fourth-order valence-corrected chi connectivity index (χ4v) is 7.44. The molecule has 4 heterocycles. The zero-order chi connectivity index (χ0) is 19.4. The van der Waals surface area contributed by atoms with E-state index in [-0.39, 0.29) is 0 Å². The number of amides is 1. The van der Waals surface area contributed by atoms with Gasteiger partial charge in [-0.1, -0.05) is 5.16 Å². The summed E-state index contributed by atoms with van der Waals surface area (Å²) in [7, 11) is 0. The number of anilines is 1. The van der Waals surface area contributed by atoms with Gasteiger partial charge in [0, 0.05) is 50.2 Å². The molecule has 2 spiro atoms. The van der Waals surface area contributed by atoms with Crippen LogP contribution in [-0.4, -0.2) is 70.2 Å². The molecular weight excluding hydrogens is 366 g/mol. The molecule has 7 heteroatoms. The van der Waals surface area contributed by atoms with Gasteiger partial charge in [-0.05, 0) is 69.1 Å². The number of nitrogens with zero attached hydrogens (tertiary/aromatic N) is 5. The molecule has 1 amide bonds. The van der Waals surface area contributed by atoms with Crippen LogP contribution < -0.4 is 4.90 Å². The van der Waals surface area contributed by atoms with Crippen LogP contribution in [-0.2, 0) is 4.79 Å². The van der Waals surface area contributed by atoms with E-state index in [4.69, 9.17) is 4.52 Å². The Morgan fingerprint density at radius 1 is 1.10 bits per heavy atom. The fourth-order valence-electron chi connectivity index (χ4n) is 7.44. The van der Waals surface area contributed by atoms with Crippen LogP contribution in [0.1, 0.15) is 50.8 Å². The lowest BCUT2D eigenvalue weighted by atomic mass is 9.64. The minimum absolute atomic E-state index is 0.319. The van der Waals surface area contributed by atoms with Crippen molar-refractivity contribution < 1.29 is 9.32 Å². The molecule has 3 aliphatic heterocycles. The monoisotopic (exact) mass is 397 g/mol. The van der Waals surface area contributed by atoms with Crippen LogP contribution in [0.4, 0.5) is 6.01 Å². The van der Waals surface area contributed by atoms with Gasteiger partial charge in [0.05, 0.1) is 0 Å². The third kappa shape index (κ3) is 2.31. The van der Waals surface area contributed by atoms with Crippen LogP contribution in [0.3, 0.4) is 0 Å². The quantitative estimate of drug-likeness (QED) is 0.778. The third-order valence-electron chi connectivity index (χ3n) is 9.51. The Balaban J connectivity index is 0.925. The van der Waals surface area contributed by atoms with Gasteiger partial charge in [-0.25, -0.2) is 0 Å². The molecule has 0 radical (unpaired) electrons. The summed E-state index contributed by atoms with van der Waals surface area (Å²) in [6.07, 6.45) is 8.94. The van der Waals surface area contributed by atoms with Gasteiger partial charge in [0.1, 0.15) is 0 Å². The third-order valence-corrected chi connectivity index (χ3v) is 9.51. The number of fused-ring (bicyclic) bond motifs is 1. The van der Waals surface area contributed by atoms with Gasteiger partial charge in [0.15, 0.2) is 5.82 Å². The molecule has 7 rings (SSSR count). The highest BCUT2D eigenvalue weighted by molar-refractivity contribution is 5.84. The summed E-state index contributed by atoms with van der Waals surface area (Å²) in [6.45, 7) is 7.32. The Hall–Kier alpha value is -1.63. The lowest BCUT2D eigenvalue weighted by Crippen LogP contribution is -2.66. The molecule has 7 nitrogen and oxygen atoms in total. The van der Waals surface area contributed by atoms with Gasteiger partial charge >= 0.3 is 6.01 Å².